The summed E-state index contributed by atoms with van der Waals surface area (Å²) in [5, 5.41) is 23.5. The second-order valence-electron chi connectivity index (χ2n) is 7.07. The van der Waals surface area contributed by atoms with Gasteiger partial charge in [-0.25, -0.2) is 0 Å². The SMILES string of the molecule is O=C(O)CC1(NC(=O)c2ccc(N3CCCC3)c([N+](=O)[O-])c2)CCOCC1. The van der Waals surface area contributed by atoms with Crippen LogP contribution in [-0.2, 0) is 9.53 Å². The summed E-state index contributed by atoms with van der Waals surface area (Å²) in [4.78, 5) is 36.9. The molecule has 3 rings (SSSR count). The number of benzene rings is 1. The van der Waals surface area contributed by atoms with Crippen LogP contribution in [0, 0.1) is 10.1 Å². The average molecular weight is 377 g/mol. The van der Waals surface area contributed by atoms with Crippen molar-refractivity contribution in [1.29, 1.82) is 0 Å². The molecule has 27 heavy (non-hydrogen) atoms. The standard InChI is InChI=1S/C18H23N3O6/c22-16(23)12-18(5-9-27-10-6-18)19-17(24)13-3-4-14(15(11-13)21(25)26)20-7-1-2-8-20/h3-4,11H,1-2,5-10,12H2,(H,19,24)(H,22,23). The number of hydrogen-bond acceptors (Lipinski definition) is 6. The summed E-state index contributed by atoms with van der Waals surface area (Å²) in [6.45, 7) is 2.24. The molecule has 146 valence electrons. The molecular weight excluding hydrogens is 354 g/mol. The molecule has 9 heteroatoms. The monoisotopic (exact) mass is 377 g/mol. The van der Waals surface area contributed by atoms with Gasteiger partial charge in [-0.15, -0.1) is 0 Å². The fourth-order valence-corrected chi connectivity index (χ4v) is 3.75. The average Bonchev–Trinajstić information content (AvgIpc) is 3.15. The van der Waals surface area contributed by atoms with Crippen molar-refractivity contribution in [2.75, 3.05) is 31.2 Å². The number of hydrogen-bond donors (Lipinski definition) is 2. The summed E-state index contributed by atoms with van der Waals surface area (Å²) in [6.07, 6.45) is 2.53. The molecule has 2 N–H and O–H groups in total. The Morgan fingerprint density at radius 2 is 1.93 bits per heavy atom. The molecule has 0 spiro atoms. The zero-order valence-electron chi connectivity index (χ0n) is 15.0. The maximum atomic E-state index is 12.7. The Bertz CT molecular complexity index is 739. The van der Waals surface area contributed by atoms with E-state index in [0.29, 0.717) is 31.7 Å². The number of anilines is 1. The molecule has 0 saturated carbocycles. The van der Waals surface area contributed by atoms with Gasteiger partial charge in [0, 0.05) is 37.9 Å². The number of carbonyl (C=O) groups excluding carboxylic acids is 1. The summed E-state index contributed by atoms with van der Waals surface area (Å²) in [7, 11) is 0. The Morgan fingerprint density at radius 1 is 1.26 bits per heavy atom. The molecule has 1 aromatic carbocycles. The first kappa shape index (κ1) is 19.1. The zero-order valence-corrected chi connectivity index (χ0v) is 15.0. The van der Waals surface area contributed by atoms with Crippen molar-refractivity contribution in [3.63, 3.8) is 0 Å². The van der Waals surface area contributed by atoms with Gasteiger partial charge in [0.15, 0.2) is 0 Å². The molecule has 9 nitrogen and oxygen atoms in total. The van der Waals surface area contributed by atoms with E-state index in [1.165, 1.54) is 6.07 Å². The number of nitro groups is 1. The minimum Gasteiger partial charge on any atom is -0.481 e. The van der Waals surface area contributed by atoms with Gasteiger partial charge in [0.25, 0.3) is 11.6 Å². The Labute approximate surface area is 156 Å². The van der Waals surface area contributed by atoms with E-state index in [2.05, 4.69) is 5.32 Å². The van der Waals surface area contributed by atoms with E-state index in [4.69, 9.17) is 4.74 Å². The minimum absolute atomic E-state index is 0.108. The van der Waals surface area contributed by atoms with Crippen LogP contribution in [-0.4, -0.2) is 53.7 Å². The van der Waals surface area contributed by atoms with Crippen molar-refractivity contribution >= 4 is 23.3 Å². The number of rotatable bonds is 6. The summed E-state index contributed by atoms with van der Waals surface area (Å²) >= 11 is 0. The highest BCUT2D eigenvalue weighted by atomic mass is 16.6. The molecule has 0 atom stereocenters. The lowest BCUT2D eigenvalue weighted by Gasteiger charge is -2.36. The third-order valence-corrected chi connectivity index (χ3v) is 5.20. The molecule has 1 aromatic rings. The van der Waals surface area contributed by atoms with Gasteiger partial charge in [-0.1, -0.05) is 0 Å². The molecule has 2 saturated heterocycles. The Kier molecular flexibility index (Phi) is 5.59. The van der Waals surface area contributed by atoms with Gasteiger partial charge in [0.05, 0.1) is 16.9 Å². The van der Waals surface area contributed by atoms with Gasteiger partial charge >= 0.3 is 5.97 Å². The van der Waals surface area contributed by atoms with Gasteiger partial charge in [0.1, 0.15) is 5.69 Å². The first-order valence-electron chi connectivity index (χ1n) is 9.06. The third kappa shape index (κ3) is 4.36. The largest absolute Gasteiger partial charge is 0.481 e. The van der Waals surface area contributed by atoms with Gasteiger partial charge in [0.2, 0.25) is 0 Å². The quantitative estimate of drug-likeness (QED) is 0.574. The Morgan fingerprint density at radius 3 is 2.52 bits per heavy atom. The third-order valence-electron chi connectivity index (χ3n) is 5.20. The van der Waals surface area contributed by atoms with Crippen LogP contribution in [0.1, 0.15) is 42.5 Å². The number of nitrogens with one attached hydrogen (secondary N) is 1. The van der Waals surface area contributed by atoms with Gasteiger partial charge < -0.3 is 20.1 Å². The Hall–Kier alpha value is -2.68. The molecule has 2 aliphatic rings. The minimum atomic E-state index is -1.01. The summed E-state index contributed by atoms with van der Waals surface area (Å²) in [5.41, 5.74) is -0.339. The van der Waals surface area contributed by atoms with Crippen LogP contribution in [0.15, 0.2) is 18.2 Å². The fraction of sp³-hybridized carbons (Fsp3) is 0.556. The molecule has 0 aromatic heterocycles. The molecule has 2 fully saturated rings. The molecule has 2 aliphatic heterocycles. The molecule has 0 radical (unpaired) electrons. The summed E-state index contributed by atoms with van der Waals surface area (Å²) < 4.78 is 5.28. The van der Waals surface area contributed by atoms with Crippen LogP contribution in [0.3, 0.4) is 0 Å². The molecule has 2 heterocycles. The molecule has 0 bridgehead atoms. The van der Waals surface area contributed by atoms with Crippen LogP contribution >= 0.6 is 0 Å². The normalized spacial score (nSPS) is 18.9. The van der Waals surface area contributed by atoms with Crippen LogP contribution in [0.5, 0.6) is 0 Å². The highest BCUT2D eigenvalue weighted by molar-refractivity contribution is 5.96. The van der Waals surface area contributed by atoms with E-state index in [-0.39, 0.29) is 17.7 Å². The number of carbonyl (C=O) groups is 2. The smallest absolute Gasteiger partial charge is 0.305 e. The lowest BCUT2D eigenvalue weighted by atomic mass is 9.86. The van der Waals surface area contributed by atoms with E-state index < -0.39 is 22.3 Å². The maximum absolute atomic E-state index is 12.7. The van der Waals surface area contributed by atoms with E-state index in [1.807, 2.05) is 4.90 Å². The number of carboxylic acid groups (broad SMARTS) is 1. The van der Waals surface area contributed by atoms with Crippen LogP contribution in [0.25, 0.3) is 0 Å². The van der Waals surface area contributed by atoms with E-state index >= 15 is 0 Å². The number of carboxylic acids is 1. The van der Waals surface area contributed by atoms with Crippen molar-refractivity contribution in [3.05, 3.63) is 33.9 Å². The van der Waals surface area contributed by atoms with E-state index in [0.717, 1.165) is 25.9 Å². The van der Waals surface area contributed by atoms with Crippen molar-refractivity contribution in [3.8, 4) is 0 Å². The number of amides is 1. The number of aliphatic carboxylic acids is 1. The predicted octanol–water partition coefficient (Wildman–Crippen LogP) is 1.95. The van der Waals surface area contributed by atoms with Crippen molar-refractivity contribution in [2.24, 2.45) is 0 Å². The predicted molar refractivity (Wildman–Crippen MR) is 97.0 cm³/mol. The van der Waals surface area contributed by atoms with Crippen molar-refractivity contribution in [1.82, 2.24) is 5.32 Å². The second-order valence-corrected chi connectivity index (χ2v) is 7.07. The first-order valence-corrected chi connectivity index (χ1v) is 9.06. The maximum Gasteiger partial charge on any atom is 0.305 e. The number of nitrogens with zero attached hydrogens (tertiary/aromatic N) is 2. The van der Waals surface area contributed by atoms with Crippen molar-refractivity contribution < 1.29 is 24.4 Å². The molecule has 1 amide bonds. The summed E-state index contributed by atoms with van der Waals surface area (Å²) in [6, 6.07) is 4.44. The van der Waals surface area contributed by atoms with Crippen LogP contribution in [0.2, 0.25) is 0 Å². The fourth-order valence-electron chi connectivity index (χ4n) is 3.75. The first-order chi connectivity index (χ1) is 12.9. The van der Waals surface area contributed by atoms with Crippen LogP contribution < -0.4 is 10.2 Å². The van der Waals surface area contributed by atoms with Gasteiger partial charge in [-0.3, -0.25) is 19.7 Å². The topological polar surface area (TPSA) is 122 Å². The zero-order chi connectivity index (χ0) is 19.4. The van der Waals surface area contributed by atoms with Crippen molar-refractivity contribution in [2.45, 2.75) is 37.6 Å². The lowest BCUT2D eigenvalue weighted by molar-refractivity contribution is -0.384. The number of ether oxygens (including phenoxy) is 1. The Balaban J connectivity index is 1.84. The highest BCUT2D eigenvalue weighted by Crippen LogP contribution is 2.32. The van der Waals surface area contributed by atoms with E-state index in [1.54, 1.807) is 12.1 Å². The van der Waals surface area contributed by atoms with Gasteiger partial charge in [-0.05, 0) is 37.8 Å². The number of nitro benzene ring substituents is 1. The highest BCUT2D eigenvalue weighted by Gasteiger charge is 2.37. The molecule has 0 aliphatic carbocycles. The molecule has 0 unspecified atom stereocenters. The van der Waals surface area contributed by atoms with Crippen LogP contribution in [0.4, 0.5) is 11.4 Å². The molecular formula is C18H23N3O6. The summed E-state index contributed by atoms with van der Waals surface area (Å²) in [5.74, 6) is -1.51. The van der Waals surface area contributed by atoms with Gasteiger partial charge in [-0.2, -0.15) is 0 Å². The lowest BCUT2D eigenvalue weighted by Crippen LogP contribution is -2.53. The second kappa shape index (κ2) is 7.91. The van der Waals surface area contributed by atoms with E-state index in [9.17, 15) is 24.8 Å².